The summed E-state index contributed by atoms with van der Waals surface area (Å²) in [6.45, 7) is 5.91. The number of rotatable bonds is 4. The molecule has 4 nitrogen and oxygen atoms in total. The Kier molecular flexibility index (Phi) is 5.88. The fourth-order valence-electron chi connectivity index (χ4n) is 8.62. The Bertz CT molecular complexity index is 1060. The molecular weight excluding hydrogens is 436 g/mol. The Morgan fingerprint density at radius 3 is 2.54 bits per heavy atom. The van der Waals surface area contributed by atoms with E-state index in [1.165, 1.54) is 36.0 Å². The van der Waals surface area contributed by atoms with Crippen LogP contribution in [0.1, 0.15) is 87.3 Å². The molecule has 1 unspecified atom stereocenters. The molecule has 0 aromatic heterocycles. The van der Waals surface area contributed by atoms with Crippen molar-refractivity contribution in [2.24, 2.45) is 16.7 Å². The largest absolute Gasteiger partial charge is 0.508 e. The molecule has 1 N–H and O–H groups in total. The normalized spacial score (nSPS) is 38.3. The third kappa shape index (κ3) is 3.79. The minimum Gasteiger partial charge on any atom is -0.508 e. The van der Waals surface area contributed by atoms with Gasteiger partial charge in [-0.05, 0) is 121 Å². The molecule has 0 radical (unpaired) electrons. The summed E-state index contributed by atoms with van der Waals surface area (Å²) in [5.41, 5.74) is 4.59. The van der Waals surface area contributed by atoms with Gasteiger partial charge in [-0.15, -0.1) is 0 Å². The van der Waals surface area contributed by atoms with Crippen LogP contribution in [0.5, 0.6) is 11.5 Å². The third-order valence-corrected chi connectivity index (χ3v) is 10.2. The van der Waals surface area contributed by atoms with E-state index in [1.54, 1.807) is 7.11 Å². The molecule has 2 saturated carbocycles. The molecule has 1 heterocycles. The zero-order valence-corrected chi connectivity index (χ0v) is 21.5. The summed E-state index contributed by atoms with van der Waals surface area (Å²) in [5, 5.41) is 10.0. The molecule has 1 aliphatic heterocycles. The first-order chi connectivity index (χ1) is 16.9. The van der Waals surface area contributed by atoms with Gasteiger partial charge in [-0.2, -0.15) is 0 Å². The van der Waals surface area contributed by atoms with Crippen LogP contribution < -0.4 is 4.74 Å². The molecule has 2 aromatic carbocycles. The van der Waals surface area contributed by atoms with Crippen LogP contribution in [0.25, 0.3) is 0 Å². The molecule has 4 aliphatic rings. The van der Waals surface area contributed by atoms with E-state index in [0.717, 1.165) is 44.5 Å². The summed E-state index contributed by atoms with van der Waals surface area (Å²) >= 11 is 0. The van der Waals surface area contributed by atoms with Crippen molar-refractivity contribution in [3.05, 3.63) is 59.2 Å². The van der Waals surface area contributed by atoms with Crippen LogP contribution in [-0.4, -0.2) is 31.2 Å². The highest BCUT2D eigenvalue weighted by Gasteiger charge is 2.63. The number of fused-ring (bicyclic) bond motifs is 5. The lowest BCUT2D eigenvalue weighted by atomic mass is 9.44. The van der Waals surface area contributed by atoms with Gasteiger partial charge in [-0.3, -0.25) is 0 Å². The van der Waals surface area contributed by atoms with Crippen molar-refractivity contribution in [1.82, 2.24) is 0 Å². The second kappa shape index (κ2) is 8.81. The number of aromatic hydroxyl groups is 1. The van der Waals surface area contributed by atoms with Crippen molar-refractivity contribution in [2.45, 2.75) is 89.4 Å². The van der Waals surface area contributed by atoms with Crippen LogP contribution in [0.4, 0.5) is 0 Å². The van der Waals surface area contributed by atoms with Crippen molar-refractivity contribution in [3.63, 3.8) is 0 Å². The van der Waals surface area contributed by atoms with E-state index in [0.29, 0.717) is 23.5 Å². The lowest BCUT2D eigenvalue weighted by Gasteiger charge is -2.60. The van der Waals surface area contributed by atoms with Crippen LogP contribution in [0.15, 0.2) is 42.5 Å². The number of aryl methyl sites for hydroxylation is 1. The number of benzene rings is 2. The van der Waals surface area contributed by atoms with Gasteiger partial charge in [0.15, 0.2) is 6.29 Å². The van der Waals surface area contributed by atoms with Crippen molar-refractivity contribution >= 4 is 0 Å². The molecule has 188 valence electrons. The second-order valence-corrected chi connectivity index (χ2v) is 12.0. The molecule has 4 heteroatoms. The summed E-state index contributed by atoms with van der Waals surface area (Å²) < 4.78 is 18.4. The number of hydrogen-bond donors (Lipinski definition) is 1. The number of methoxy groups -OCH3 is 1. The van der Waals surface area contributed by atoms with Crippen LogP contribution in [0.2, 0.25) is 0 Å². The zero-order chi connectivity index (χ0) is 24.2. The van der Waals surface area contributed by atoms with Crippen LogP contribution in [0, 0.1) is 16.7 Å². The molecule has 1 saturated heterocycles. The summed E-state index contributed by atoms with van der Waals surface area (Å²) in [7, 11) is 1.76. The van der Waals surface area contributed by atoms with Crippen LogP contribution >= 0.6 is 0 Å². The van der Waals surface area contributed by atoms with Gasteiger partial charge in [-0.1, -0.05) is 32.0 Å². The Morgan fingerprint density at radius 2 is 1.80 bits per heavy atom. The molecule has 35 heavy (non-hydrogen) atoms. The smallest absolute Gasteiger partial charge is 0.157 e. The molecule has 6 rings (SSSR count). The van der Waals surface area contributed by atoms with Gasteiger partial charge in [0.2, 0.25) is 0 Å². The molecule has 0 bridgehead atoms. The lowest BCUT2D eigenvalue weighted by molar-refractivity contribution is -0.217. The molecule has 7 atom stereocenters. The quantitative estimate of drug-likeness (QED) is 0.519. The van der Waals surface area contributed by atoms with Gasteiger partial charge in [-0.25, -0.2) is 0 Å². The lowest BCUT2D eigenvalue weighted by Crippen LogP contribution is -2.53. The van der Waals surface area contributed by atoms with Gasteiger partial charge in [0.05, 0.1) is 13.2 Å². The fraction of sp³-hybridized carbons (Fsp3) is 0.613. The third-order valence-electron chi connectivity index (χ3n) is 10.2. The predicted octanol–water partition coefficient (Wildman–Crippen LogP) is 6.95. The standard InChI is InChI=1S/C31H40O4/c1-30-16-15-21-18-23(33-3)11-12-24(21)29(30)25(20-7-9-22(32)10-8-20)19-31(2)26(30)13-14-27(31)35-28-6-4-5-17-34-28/h7-12,18,25-29,32H,4-6,13-17,19H2,1-3H3/t25-,26+,27+,28?,29+,30+,31+/m1/s1. The monoisotopic (exact) mass is 476 g/mol. The van der Waals surface area contributed by atoms with Crippen molar-refractivity contribution < 1.29 is 19.3 Å². The number of ether oxygens (including phenoxy) is 3. The number of phenols is 1. The maximum atomic E-state index is 10.0. The molecule has 3 fully saturated rings. The molecule has 2 aromatic rings. The first-order valence-corrected chi connectivity index (χ1v) is 13.7. The molecule has 3 aliphatic carbocycles. The highest BCUT2D eigenvalue weighted by atomic mass is 16.7. The molecular formula is C31H40O4. The zero-order valence-electron chi connectivity index (χ0n) is 21.5. The first-order valence-electron chi connectivity index (χ1n) is 13.7. The molecule has 0 amide bonds. The maximum absolute atomic E-state index is 10.0. The minimum absolute atomic E-state index is 0.0403. The van der Waals surface area contributed by atoms with Crippen molar-refractivity contribution in [1.29, 1.82) is 0 Å². The predicted molar refractivity (Wildman–Crippen MR) is 137 cm³/mol. The van der Waals surface area contributed by atoms with Gasteiger partial charge >= 0.3 is 0 Å². The van der Waals surface area contributed by atoms with E-state index in [4.69, 9.17) is 14.2 Å². The van der Waals surface area contributed by atoms with E-state index in [1.807, 2.05) is 12.1 Å². The van der Waals surface area contributed by atoms with E-state index >= 15 is 0 Å². The highest BCUT2D eigenvalue weighted by Crippen LogP contribution is 2.71. The first kappa shape index (κ1) is 23.4. The average Bonchev–Trinajstić information content (AvgIpc) is 3.20. The Hall–Kier alpha value is -2.04. The maximum Gasteiger partial charge on any atom is 0.157 e. The summed E-state index contributed by atoms with van der Waals surface area (Å²) in [6, 6.07) is 14.8. The van der Waals surface area contributed by atoms with Crippen molar-refractivity contribution in [2.75, 3.05) is 13.7 Å². The van der Waals surface area contributed by atoms with Gasteiger partial charge in [0.25, 0.3) is 0 Å². The fourth-order valence-corrected chi connectivity index (χ4v) is 8.62. The molecule has 0 spiro atoms. The minimum atomic E-state index is -0.0403. The van der Waals surface area contributed by atoms with Crippen LogP contribution in [-0.2, 0) is 15.9 Å². The summed E-state index contributed by atoms with van der Waals surface area (Å²) in [5.74, 6) is 2.74. The van der Waals surface area contributed by atoms with Crippen LogP contribution in [0.3, 0.4) is 0 Å². The topological polar surface area (TPSA) is 47.9 Å². The van der Waals surface area contributed by atoms with Gasteiger partial charge < -0.3 is 19.3 Å². The van der Waals surface area contributed by atoms with Gasteiger partial charge in [0.1, 0.15) is 11.5 Å². The number of hydrogen-bond acceptors (Lipinski definition) is 4. The summed E-state index contributed by atoms with van der Waals surface area (Å²) in [4.78, 5) is 0. The Labute approximate surface area is 210 Å². The van der Waals surface area contributed by atoms with Gasteiger partial charge in [0, 0.05) is 6.61 Å². The van der Waals surface area contributed by atoms with E-state index < -0.39 is 0 Å². The highest BCUT2D eigenvalue weighted by molar-refractivity contribution is 5.45. The second-order valence-electron chi connectivity index (χ2n) is 12.0. The van der Waals surface area contributed by atoms with Crippen molar-refractivity contribution in [3.8, 4) is 11.5 Å². The van der Waals surface area contributed by atoms with E-state index in [9.17, 15) is 5.11 Å². The number of phenolic OH excluding ortho intramolecular Hbond substituents is 1. The van der Waals surface area contributed by atoms with E-state index in [-0.39, 0.29) is 23.2 Å². The summed E-state index contributed by atoms with van der Waals surface area (Å²) in [6.07, 6.45) is 9.33. The SMILES string of the molecule is COc1ccc2c(c1)CC[C@@]1(C)[C@@H]3CC[C@H](OC4CCCCO4)[C@@]3(C)C[C@H](c3ccc(O)cc3)[C@H]21. The Balaban J connectivity index is 1.42. The van der Waals surface area contributed by atoms with E-state index in [2.05, 4.69) is 44.2 Å². The average molecular weight is 477 g/mol. The Morgan fingerprint density at radius 1 is 0.971 bits per heavy atom.